The molecule has 0 heterocycles. The van der Waals surface area contributed by atoms with Crippen LogP contribution in [0.4, 0.5) is 0 Å². The van der Waals surface area contributed by atoms with Crippen molar-refractivity contribution in [3.63, 3.8) is 0 Å². The highest BCUT2D eigenvalue weighted by molar-refractivity contribution is 5.73. The Balaban J connectivity index is 2.60. The third-order valence-corrected chi connectivity index (χ3v) is 1.74. The van der Waals surface area contributed by atoms with Crippen LogP contribution in [-0.2, 0) is 11.2 Å². The summed E-state index contributed by atoms with van der Waals surface area (Å²) in [6, 6.07) is 9.16. The second kappa shape index (κ2) is 4.27. The van der Waals surface area contributed by atoms with E-state index in [1.165, 1.54) is 0 Å². The molecule has 0 spiro atoms. The van der Waals surface area contributed by atoms with Crippen molar-refractivity contribution in [2.24, 2.45) is 5.73 Å². The average Bonchev–Trinajstić information content (AvgIpc) is 2.15. The summed E-state index contributed by atoms with van der Waals surface area (Å²) < 4.78 is 0. The Bertz CT molecular complexity index is 335. The second-order valence-electron chi connectivity index (χ2n) is 2.78. The van der Waals surface area contributed by atoms with Crippen LogP contribution in [0.15, 0.2) is 24.3 Å². The van der Waals surface area contributed by atoms with Crippen LogP contribution in [0.5, 0.6) is 0 Å². The smallest absolute Gasteiger partial charge is 0.217 e. The number of carbonyl (C=O) groups is 1. The van der Waals surface area contributed by atoms with Crippen LogP contribution in [0.2, 0.25) is 0 Å². The minimum atomic E-state index is -0.302. The van der Waals surface area contributed by atoms with Crippen LogP contribution in [0.3, 0.4) is 0 Å². The molecule has 13 heavy (non-hydrogen) atoms. The quantitative estimate of drug-likeness (QED) is 0.742. The molecular weight excluding hydrogens is 164 g/mol. The lowest BCUT2D eigenvalue weighted by Crippen LogP contribution is -2.11. The summed E-state index contributed by atoms with van der Waals surface area (Å²) >= 11 is 0. The van der Waals surface area contributed by atoms with Gasteiger partial charge in [0.15, 0.2) is 0 Å². The summed E-state index contributed by atoms with van der Waals surface area (Å²) in [5.41, 5.74) is 6.66. The highest BCUT2D eigenvalue weighted by Crippen LogP contribution is 2.05. The van der Waals surface area contributed by atoms with Gasteiger partial charge in [0.1, 0.15) is 0 Å². The third-order valence-electron chi connectivity index (χ3n) is 1.74. The lowest BCUT2D eigenvalue weighted by molar-refractivity contribution is -0.117. The van der Waals surface area contributed by atoms with Gasteiger partial charge in [0, 0.05) is 6.42 Å². The van der Waals surface area contributed by atoms with E-state index in [0.717, 1.165) is 5.56 Å². The molecule has 0 fully saturated rings. The minimum Gasteiger partial charge on any atom is -0.370 e. The molecule has 0 saturated heterocycles. The van der Waals surface area contributed by atoms with Crippen LogP contribution in [0, 0.1) is 11.3 Å². The topological polar surface area (TPSA) is 66.9 Å². The molecule has 0 radical (unpaired) electrons. The molecule has 2 N–H and O–H groups in total. The molecule has 0 aromatic heterocycles. The molecule has 3 heteroatoms. The van der Waals surface area contributed by atoms with E-state index >= 15 is 0 Å². The highest BCUT2D eigenvalue weighted by atomic mass is 16.1. The van der Waals surface area contributed by atoms with Crippen LogP contribution in [0.25, 0.3) is 0 Å². The van der Waals surface area contributed by atoms with E-state index in [0.29, 0.717) is 18.4 Å². The molecule has 1 aromatic rings. The molecule has 3 nitrogen and oxygen atoms in total. The van der Waals surface area contributed by atoms with Crippen molar-refractivity contribution in [3.05, 3.63) is 35.4 Å². The van der Waals surface area contributed by atoms with Crippen molar-refractivity contribution in [2.45, 2.75) is 12.8 Å². The van der Waals surface area contributed by atoms with E-state index in [9.17, 15) is 4.79 Å². The van der Waals surface area contributed by atoms with Gasteiger partial charge in [-0.05, 0) is 24.1 Å². The maximum absolute atomic E-state index is 10.5. The molecule has 0 aliphatic heterocycles. The number of carbonyl (C=O) groups excluding carboxylic acids is 1. The summed E-state index contributed by atoms with van der Waals surface area (Å²) in [5, 5.41) is 8.52. The second-order valence-corrected chi connectivity index (χ2v) is 2.78. The van der Waals surface area contributed by atoms with Crippen molar-refractivity contribution >= 4 is 5.91 Å². The number of rotatable bonds is 3. The van der Waals surface area contributed by atoms with Gasteiger partial charge in [0.25, 0.3) is 0 Å². The molecule has 0 aliphatic rings. The Morgan fingerprint density at radius 2 is 2.00 bits per heavy atom. The summed E-state index contributed by atoms with van der Waals surface area (Å²) in [7, 11) is 0. The summed E-state index contributed by atoms with van der Waals surface area (Å²) in [6.07, 6.45) is 0.993. The van der Waals surface area contributed by atoms with Gasteiger partial charge in [-0.25, -0.2) is 0 Å². The van der Waals surface area contributed by atoms with Gasteiger partial charge in [-0.15, -0.1) is 0 Å². The summed E-state index contributed by atoms with van der Waals surface area (Å²) in [5.74, 6) is -0.302. The number of aryl methyl sites for hydroxylation is 1. The summed E-state index contributed by atoms with van der Waals surface area (Å²) in [6.45, 7) is 0. The van der Waals surface area contributed by atoms with E-state index in [1.54, 1.807) is 12.1 Å². The number of hydrogen-bond donors (Lipinski definition) is 1. The van der Waals surface area contributed by atoms with Crippen LogP contribution < -0.4 is 5.73 Å². The molecule has 0 bridgehead atoms. The fraction of sp³-hybridized carbons (Fsp3) is 0.200. The predicted octanol–water partition coefficient (Wildman–Crippen LogP) is 0.976. The van der Waals surface area contributed by atoms with Crippen LogP contribution in [0.1, 0.15) is 17.5 Å². The first-order chi connectivity index (χ1) is 6.22. The van der Waals surface area contributed by atoms with E-state index in [1.807, 2.05) is 18.2 Å². The number of primary amides is 1. The van der Waals surface area contributed by atoms with Gasteiger partial charge in [0.2, 0.25) is 5.91 Å². The molecule has 66 valence electrons. The van der Waals surface area contributed by atoms with Gasteiger partial charge in [-0.2, -0.15) is 5.26 Å². The average molecular weight is 174 g/mol. The maximum atomic E-state index is 10.5. The molecule has 0 aliphatic carbocycles. The van der Waals surface area contributed by atoms with Gasteiger partial charge in [-0.1, -0.05) is 12.1 Å². The van der Waals surface area contributed by atoms with Crippen molar-refractivity contribution in [2.75, 3.05) is 0 Å². The Hall–Kier alpha value is -1.82. The Morgan fingerprint density at radius 3 is 2.46 bits per heavy atom. The van der Waals surface area contributed by atoms with Crippen molar-refractivity contribution < 1.29 is 4.79 Å². The normalized spacial score (nSPS) is 9.15. The molecule has 0 atom stereocenters. The molecule has 1 amide bonds. The van der Waals surface area contributed by atoms with Crippen LogP contribution in [-0.4, -0.2) is 5.91 Å². The maximum Gasteiger partial charge on any atom is 0.217 e. The van der Waals surface area contributed by atoms with Gasteiger partial charge < -0.3 is 5.73 Å². The lowest BCUT2D eigenvalue weighted by Gasteiger charge is -1.97. The Morgan fingerprint density at radius 1 is 1.38 bits per heavy atom. The van der Waals surface area contributed by atoms with Gasteiger partial charge in [-0.3, -0.25) is 4.79 Å². The predicted molar refractivity (Wildman–Crippen MR) is 48.7 cm³/mol. The van der Waals surface area contributed by atoms with Crippen molar-refractivity contribution in [3.8, 4) is 6.07 Å². The summed E-state index contributed by atoms with van der Waals surface area (Å²) in [4.78, 5) is 10.5. The first-order valence-electron chi connectivity index (χ1n) is 3.99. The van der Waals surface area contributed by atoms with Gasteiger partial charge >= 0.3 is 0 Å². The highest BCUT2D eigenvalue weighted by Gasteiger charge is 1.97. The zero-order valence-electron chi connectivity index (χ0n) is 7.16. The van der Waals surface area contributed by atoms with Gasteiger partial charge in [0.05, 0.1) is 11.6 Å². The Kier molecular flexibility index (Phi) is 3.04. The standard InChI is InChI=1S/C10H10N2O/c11-7-9-3-1-8(2-4-9)5-6-10(12)13/h1-4H,5-6H2,(H2,12,13). The van der Waals surface area contributed by atoms with Crippen molar-refractivity contribution in [1.82, 2.24) is 0 Å². The fourth-order valence-corrected chi connectivity index (χ4v) is 1.01. The number of nitriles is 1. The minimum absolute atomic E-state index is 0.302. The zero-order chi connectivity index (χ0) is 9.68. The number of amides is 1. The van der Waals surface area contributed by atoms with E-state index in [4.69, 9.17) is 11.0 Å². The molecule has 1 rings (SSSR count). The van der Waals surface area contributed by atoms with Crippen molar-refractivity contribution in [1.29, 1.82) is 5.26 Å². The SMILES string of the molecule is N#Cc1ccc(CCC(N)=O)cc1. The number of nitrogens with zero attached hydrogens (tertiary/aromatic N) is 1. The monoisotopic (exact) mass is 174 g/mol. The molecular formula is C10H10N2O. The zero-order valence-corrected chi connectivity index (χ0v) is 7.16. The first-order valence-corrected chi connectivity index (χ1v) is 3.99. The van der Waals surface area contributed by atoms with E-state index in [-0.39, 0.29) is 5.91 Å². The molecule has 0 saturated carbocycles. The first kappa shape index (κ1) is 9.27. The van der Waals surface area contributed by atoms with E-state index in [2.05, 4.69) is 0 Å². The largest absolute Gasteiger partial charge is 0.370 e. The number of nitrogens with two attached hydrogens (primary N) is 1. The number of benzene rings is 1. The Labute approximate surface area is 76.8 Å². The third kappa shape index (κ3) is 2.96. The van der Waals surface area contributed by atoms with E-state index < -0.39 is 0 Å². The number of hydrogen-bond acceptors (Lipinski definition) is 2. The fourth-order valence-electron chi connectivity index (χ4n) is 1.01. The lowest BCUT2D eigenvalue weighted by atomic mass is 10.1. The van der Waals surface area contributed by atoms with Crippen LogP contribution >= 0.6 is 0 Å². The molecule has 0 unspecified atom stereocenters. The molecule has 1 aromatic carbocycles.